The molecule has 1 aliphatic rings. The molecule has 134 valence electrons. The van der Waals surface area contributed by atoms with Gasteiger partial charge in [0.2, 0.25) is 5.91 Å². The lowest BCUT2D eigenvalue weighted by Crippen LogP contribution is -2.41. The highest BCUT2D eigenvalue weighted by atomic mass is 35.5. The molecule has 1 amide bonds. The molecule has 0 spiro atoms. The van der Waals surface area contributed by atoms with Crippen molar-refractivity contribution in [3.63, 3.8) is 0 Å². The van der Waals surface area contributed by atoms with Crippen LogP contribution in [0.3, 0.4) is 0 Å². The first-order valence-electron chi connectivity index (χ1n) is 9.03. The molecule has 1 heterocycles. The highest BCUT2D eigenvalue weighted by Crippen LogP contribution is 2.19. The number of nitrogens with zero attached hydrogens (tertiary/aromatic N) is 2. The average Bonchev–Trinajstić information content (AvgIpc) is 2.54. The lowest BCUT2D eigenvalue weighted by molar-refractivity contribution is -0.117. The number of carbonyl (C=O) groups excluding carboxylic acids is 1. The fraction of sp³-hybridized carbons (Fsp3) is 0.632. The van der Waals surface area contributed by atoms with Gasteiger partial charge >= 0.3 is 0 Å². The van der Waals surface area contributed by atoms with Crippen LogP contribution in [0.25, 0.3) is 0 Å². The Morgan fingerprint density at radius 1 is 1.38 bits per heavy atom. The van der Waals surface area contributed by atoms with E-state index >= 15 is 0 Å². The van der Waals surface area contributed by atoms with Crippen LogP contribution in [0.2, 0.25) is 5.02 Å². The Balaban J connectivity index is 1.68. The molecule has 1 aromatic carbocycles. The Morgan fingerprint density at radius 2 is 2.12 bits per heavy atom. The minimum absolute atomic E-state index is 0.0378. The smallest absolute Gasteiger partial charge is 0.238 e. The van der Waals surface area contributed by atoms with Gasteiger partial charge in [-0.05, 0) is 70.1 Å². The van der Waals surface area contributed by atoms with Gasteiger partial charge in [-0.1, -0.05) is 31.0 Å². The lowest BCUT2D eigenvalue weighted by atomic mass is 9.96. The third kappa shape index (κ3) is 6.80. The number of hydrogen-bond donors (Lipinski definition) is 1. The van der Waals surface area contributed by atoms with Gasteiger partial charge in [0.25, 0.3) is 0 Å². The normalized spacial score (nSPS) is 16.5. The molecule has 0 unspecified atom stereocenters. The van der Waals surface area contributed by atoms with Crippen molar-refractivity contribution in [3.8, 4) is 0 Å². The zero-order chi connectivity index (χ0) is 17.4. The van der Waals surface area contributed by atoms with Crippen LogP contribution >= 0.6 is 11.6 Å². The van der Waals surface area contributed by atoms with Crippen LogP contribution in [0.15, 0.2) is 24.3 Å². The Labute approximate surface area is 151 Å². The molecule has 24 heavy (non-hydrogen) atoms. The number of amides is 1. The maximum Gasteiger partial charge on any atom is 0.238 e. The number of hydrogen-bond acceptors (Lipinski definition) is 3. The van der Waals surface area contributed by atoms with Gasteiger partial charge in [-0.3, -0.25) is 9.69 Å². The lowest BCUT2D eigenvalue weighted by Gasteiger charge is -2.33. The predicted octanol–water partition coefficient (Wildman–Crippen LogP) is 3.72. The zero-order valence-corrected chi connectivity index (χ0v) is 15.7. The van der Waals surface area contributed by atoms with Gasteiger partial charge in [-0.15, -0.1) is 0 Å². The fourth-order valence-electron chi connectivity index (χ4n) is 3.26. The fourth-order valence-corrected chi connectivity index (χ4v) is 3.45. The van der Waals surface area contributed by atoms with Crippen molar-refractivity contribution in [2.45, 2.75) is 32.6 Å². The van der Waals surface area contributed by atoms with Crippen molar-refractivity contribution >= 4 is 23.2 Å². The zero-order valence-electron chi connectivity index (χ0n) is 14.9. The number of halogens is 1. The van der Waals surface area contributed by atoms with Gasteiger partial charge in [0, 0.05) is 17.3 Å². The highest BCUT2D eigenvalue weighted by Gasteiger charge is 2.21. The third-order valence-corrected chi connectivity index (χ3v) is 4.88. The number of unbranched alkanes of at least 4 members (excludes halogenated alkanes) is 1. The summed E-state index contributed by atoms with van der Waals surface area (Å²) in [4.78, 5) is 16.9. The van der Waals surface area contributed by atoms with E-state index in [1.807, 2.05) is 12.1 Å². The summed E-state index contributed by atoms with van der Waals surface area (Å²) >= 11 is 5.94. The molecule has 1 aliphatic heterocycles. The van der Waals surface area contributed by atoms with Gasteiger partial charge in [-0.25, -0.2) is 0 Å². The van der Waals surface area contributed by atoms with Crippen LogP contribution < -0.4 is 5.32 Å². The van der Waals surface area contributed by atoms with Crippen LogP contribution in [0.4, 0.5) is 5.69 Å². The summed E-state index contributed by atoms with van der Waals surface area (Å²) in [6, 6.07) is 7.29. The van der Waals surface area contributed by atoms with Crippen molar-refractivity contribution in [2.24, 2.45) is 5.92 Å². The molecular formula is C19H30ClN3O. The molecule has 0 saturated carbocycles. The van der Waals surface area contributed by atoms with Gasteiger partial charge in [-0.2, -0.15) is 0 Å². The summed E-state index contributed by atoms with van der Waals surface area (Å²) < 4.78 is 0. The Bertz CT molecular complexity index is 515. The van der Waals surface area contributed by atoms with Gasteiger partial charge in [0.05, 0.1) is 6.54 Å². The van der Waals surface area contributed by atoms with Crippen molar-refractivity contribution in [3.05, 3.63) is 29.3 Å². The molecule has 4 nitrogen and oxygen atoms in total. The minimum atomic E-state index is 0.0378. The van der Waals surface area contributed by atoms with E-state index in [0.717, 1.165) is 24.7 Å². The van der Waals surface area contributed by atoms with Crippen molar-refractivity contribution in [1.82, 2.24) is 9.80 Å². The summed E-state index contributed by atoms with van der Waals surface area (Å²) in [6.07, 6.45) is 4.89. The van der Waals surface area contributed by atoms with Crippen LogP contribution in [0, 0.1) is 5.92 Å². The standard InChI is InChI=1S/C19H30ClN3O/c1-3-4-10-22(2)14-16-8-11-23(12-9-16)15-19(24)21-18-7-5-6-17(20)13-18/h5-7,13,16H,3-4,8-12,14-15H2,1-2H3,(H,21,24). The number of benzene rings is 1. The molecule has 0 aromatic heterocycles. The number of nitrogens with one attached hydrogen (secondary N) is 1. The second-order valence-corrected chi connectivity index (χ2v) is 7.33. The maximum absolute atomic E-state index is 12.2. The molecule has 1 aromatic rings. The molecule has 1 N–H and O–H groups in total. The second-order valence-electron chi connectivity index (χ2n) is 6.89. The van der Waals surface area contributed by atoms with Crippen LogP contribution in [0.5, 0.6) is 0 Å². The van der Waals surface area contributed by atoms with Crippen LogP contribution in [-0.2, 0) is 4.79 Å². The number of rotatable bonds is 8. The second kappa shape index (κ2) is 10.0. The Hall–Kier alpha value is -1.10. The first-order valence-corrected chi connectivity index (χ1v) is 9.41. The molecule has 0 radical (unpaired) electrons. The average molecular weight is 352 g/mol. The van der Waals surface area contributed by atoms with Crippen LogP contribution in [0.1, 0.15) is 32.6 Å². The van der Waals surface area contributed by atoms with E-state index in [-0.39, 0.29) is 5.91 Å². The van der Waals surface area contributed by atoms with E-state index in [2.05, 4.69) is 29.1 Å². The molecule has 2 rings (SSSR count). The molecule has 1 saturated heterocycles. The van der Waals surface area contributed by atoms with E-state index < -0.39 is 0 Å². The third-order valence-electron chi connectivity index (χ3n) is 4.65. The summed E-state index contributed by atoms with van der Waals surface area (Å²) in [5, 5.41) is 3.56. The van der Waals surface area contributed by atoms with E-state index in [9.17, 15) is 4.79 Å². The largest absolute Gasteiger partial charge is 0.325 e. The molecule has 0 atom stereocenters. The quantitative estimate of drug-likeness (QED) is 0.775. The number of piperidine rings is 1. The van der Waals surface area contributed by atoms with Gasteiger partial charge in [0.15, 0.2) is 0 Å². The van der Waals surface area contributed by atoms with E-state index in [0.29, 0.717) is 11.6 Å². The summed E-state index contributed by atoms with van der Waals surface area (Å²) in [7, 11) is 2.22. The molecular weight excluding hydrogens is 322 g/mol. The highest BCUT2D eigenvalue weighted by molar-refractivity contribution is 6.30. The van der Waals surface area contributed by atoms with E-state index in [4.69, 9.17) is 11.6 Å². The molecule has 1 fully saturated rings. The van der Waals surface area contributed by atoms with Crippen LogP contribution in [-0.4, -0.2) is 55.5 Å². The first-order chi connectivity index (χ1) is 11.6. The van der Waals surface area contributed by atoms with Crippen molar-refractivity contribution in [1.29, 1.82) is 0 Å². The molecule has 0 bridgehead atoms. The Kier molecular flexibility index (Phi) is 8.03. The molecule has 0 aliphatic carbocycles. The summed E-state index contributed by atoms with van der Waals surface area (Å²) in [6.45, 7) is 7.09. The maximum atomic E-state index is 12.2. The Morgan fingerprint density at radius 3 is 2.79 bits per heavy atom. The van der Waals surface area contributed by atoms with E-state index in [1.54, 1.807) is 12.1 Å². The number of anilines is 1. The first kappa shape index (κ1) is 19.2. The minimum Gasteiger partial charge on any atom is -0.325 e. The summed E-state index contributed by atoms with van der Waals surface area (Å²) in [5.74, 6) is 0.801. The SMILES string of the molecule is CCCCN(C)CC1CCN(CC(=O)Nc2cccc(Cl)c2)CC1. The number of carbonyl (C=O) groups is 1. The monoisotopic (exact) mass is 351 g/mol. The van der Waals surface area contributed by atoms with Crippen molar-refractivity contribution in [2.75, 3.05) is 45.1 Å². The number of likely N-dealkylation sites (tertiary alicyclic amines) is 1. The topological polar surface area (TPSA) is 35.6 Å². The van der Waals surface area contributed by atoms with Gasteiger partial charge in [0.1, 0.15) is 0 Å². The summed E-state index contributed by atoms with van der Waals surface area (Å²) in [5.41, 5.74) is 0.764. The predicted molar refractivity (Wildman–Crippen MR) is 102 cm³/mol. The molecule has 5 heteroatoms. The van der Waals surface area contributed by atoms with Gasteiger partial charge < -0.3 is 10.2 Å². The van der Waals surface area contributed by atoms with Crippen molar-refractivity contribution < 1.29 is 4.79 Å². The van der Waals surface area contributed by atoms with E-state index in [1.165, 1.54) is 38.8 Å².